The van der Waals surface area contributed by atoms with Crippen LogP contribution in [0.4, 0.5) is 0 Å². The number of carbonyl (C=O) groups is 1. The van der Waals surface area contributed by atoms with Gasteiger partial charge in [-0.15, -0.1) is 0 Å². The summed E-state index contributed by atoms with van der Waals surface area (Å²) in [5.41, 5.74) is 2.90. The Hall–Kier alpha value is -1.31. The molecule has 2 nitrogen and oxygen atoms in total. The minimum absolute atomic E-state index is 0.119. The highest BCUT2D eigenvalue weighted by Crippen LogP contribution is 2.13. The van der Waals surface area contributed by atoms with Crippen LogP contribution in [0.3, 0.4) is 0 Å². The maximum absolute atomic E-state index is 12.3. The van der Waals surface area contributed by atoms with Gasteiger partial charge in [0, 0.05) is 19.2 Å². The third-order valence-electron chi connectivity index (χ3n) is 3.68. The Kier molecular flexibility index (Phi) is 8.13. The van der Waals surface area contributed by atoms with Crippen molar-refractivity contribution in [3.63, 3.8) is 0 Å². The Labute approximate surface area is 118 Å². The normalized spacial score (nSPS) is 14.7. The van der Waals surface area contributed by atoms with Crippen LogP contribution in [0.1, 0.15) is 47.5 Å². The van der Waals surface area contributed by atoms with E-state index >= 15 is 0 Å². The molecule has 0 aliphatic heterocycles. The summed E-state index contributed by atoms with van der Waals surface area (Å²) in [6, 6.07) is 0. The van der Waals surface area contributed by atoms with Crippen LogP contribution in [0.15, 0.2) is 35.5 Å². The smallest absolute Gasteiger partial charge is 0.249 e. The van der Waals surface area contributed by atoms with E-state index in [-0.39, 0.29) is 5.91 Å². The summed E-state index contributed by atoms with van der Waals surface area (Å²) in [7, 11) is 1.88. The van der Waals surface area contributed by atoms with E-state index in [1.54, 1.807) is 6.08 Å². The fourth-order valence-corrected chi connectivity index (χ4v) is 1.68. The van der Waals surface area contributed by atoms with Gasteiger partial charge in [-0.3, -0.25) is 4.79 Å². The van der Waals surface area contributed by atoms with Crippen LogP contribution in [0, 0.1) is 5.92 Å². The highest BCUT2D eigenvalue weighted by atomic mass is 16.2. The Morgan fingerprint density at radius 3 is 2.37 bits per heavy atom. The van der Waals surface area contributed by atoms with E-state index in [2.05, 4.69) is 20.4 Å². The molecule has 0 aliphatic rings. The highest BCUT2D eigenvalue weighted by molar-refractivity contribution is 5.93. The quantitative estimate of drug-likeness (QED) is 0.494. The average Bonchev–Trinajstić information content (AvgIpc) is 2.41. The number of nitrogens with zero attached hydrogens (tertiary/aromatic N) is 1. The monoisotopic (exact) mass is 263 g/mol. The molecule has 0 spiro atoms. The minimum atomic E-state index is 0.119. The van der Waals surface area contributed by atoms with Gasteiger partial charge in [0.15, 0.2) is 0 Å². The molecule has 0 bridgehead atoms. The van der Waals surface area contributed by atoms with Crippen LogP contribution in [-0.2, 0) is 4.79 Å². The second-order valence-corrected chi connectivity index (χ2v) is 5.43. The predicted octanol–water partition coefficient (Wildman–Crippen LogP) is 4.35. The zero-order valence-electron chi connectivity index (χ0n) is 13.4. The third kappa shape index (κ3) is 6.42. The maximum atomic E-state index is 12.3. The van der Waals surface area contributed by atoms with E-state index < -0.39 is 0 Å². The first-order valence-electron chi connectivity index (χ1n) is 7.07. The van der Waals surface area contributed by atoms with Gasteiger partial charge in [0.25, 0.3) is 0 Å². The van der Waals surface area contributed by atoms with E-state index in [0.717, 1.165) is 36.1 Å². The molecule has 0 aromatic rings. The van der Waals surface area contributed by atoms with Crippen LogP contribution in [0.5, 0.6) is 0 Å². The number of likely N-dealkylation sites (N-methyl/N-ethyl adjacent to an activating group) is 1. The molecule has 1 unspecified atom stereocenters. The van der Waals surface area contributed by atoms with Crippen molar-refractivity contribution in [3.05, 3.63) is 35.5 Å². The van der Waals surface area contributed by atoms with Gasteiger partial charge in [-0.25, -0.2) is 0 Å². The molecule has 0 radical (unpaired) electrons. The molecule has 19 heavy (non-hydrogen) atoms. The van der Waals surface area contributed by atoms with Gasteiger partial charge >= 0.3 is 0 Å². The molecule has 0 fully saturated rings. The first kappa shape index (κ1) is 17.7. The molecular formula is C17H29NO. The number of carbonyl (C=O) groups excluding carboxylic acids is 1. The third-order valence-corrected chi connectivity index (χ3v) is 3.68. The second kappa shape index (κ2) is 8.73. The summed E-state index contributed by atoms with van der Waals surface area (Å²) < 4.78 is 0. The lowest BCUT2D eigenvalue weighted by molar-refractivity contribution is -0.126. The summed E-state index contributed by atoms with van der Waals surface area (Å²) in [6.45, 7) is 14.8. The fraction of sp³-hybridized carbons (Fsp3) is 0.588. The lowest BCUT2D eigenvalue weighted by Gasteiger charge is -2.20. The molecule has 108 valence electrons. The summed E-state index contributed by atoms with van der Waals surface area (Å²) >= 11 is 0. The van der Waals surface area contributed by atoms with Crippen LogP contribution in [0.2, 0.25) is 0 Å². The van der Waals surface area contributed by atoms with Crippen LogP contribution >= 0.6 is 0 Å². The van der Waals surface area contributed by atoms with E-state index in [0.29, 0.717) is 5.92 Å². The number of hydrogen-bond acceptors (Lipinski definition) is 1. The SMILES string of the molecule is C=C/C(C)=C\C(C)=C(/C)C(=O)N(C)CCC(C)CC. The van der Waals surface area contributed by atoms with Crippen LogP contribution < -0.4 is 0 Å². The Bertz CT molecular complexity index is 377. The molecule has 0 saturated carbocycles. The lowest BCUT2D eigenvalue weighted by Crippen LogP contribution is -2.29. The van der Waals surface area contributed by atoms with Crippen LogP contribution in [-0.4, -0.2) is 24.4 Å². The van der Waals surface area contributed by atoms with Gasteiger partial charge in [0.1, 0.15) is 0 Å². The van der Waals surface area contributed by atoms with Crippen LogP contribution in [0.25, 0.3) is 0 Å². The first-order valence-corrected chi connectivity index (χ1v) is 7.07. The Balaban J connectivity index is 4.71. The molecule has 0 N–H and O–H groups in total. The summed E-state index contributed by atoms with van der Waals surface area (Å²) in [4.78, 5) is 14.1. The van der Waals surface area contributed by atoms with Crippen molar-refractivity contribution in [3.8, 4) is 0 Å². The molecule has 0 aliphatic carbocycles. The van der Waals surface area contributed by atoms with Crippen molar-refractivity contribution in [1.29, 1.82) is 0 Å². The molecule has 0 saturated heterocycles. The summed E-state index contributed by atoms with van der Waals surface area (Å²) in [5, 5.41) is 0. The van der Waals surface area contributed by atoms with Crippen molar-refractivity contribution in [2.45, 2.75) is 47.5 Å². The van der Waals surface area contributed by atoms with Gasteiger partial charge in [-0.1, -0.05) is 44.6 Å². The van der Waals surface area contributed by atoms with Gasteiger partial charge in [-0.05, 0) is 38.7 Å². The van der Waals surface area contributed by atoms with Gasteiger partial charge < -0.3 is 4.90 Å². The number of rotatable bonds is 7. The van der Waals surface area contributed by atoms with E-state index in [1.165, 1.54) is 0 Å². The molecule has 0 rings (SSSR count). The average molecular weight is 263 g/mol. The largest absolute Gasteiger partial charge is 0.342 e. The van der Waals surface area contributed by atoms with Crippen molar-refractivity contribution in [2.24, 2.45) is 5.92 Å². The molecule has 1 atom stereocenters. The van der Waals surface area contributed by atoms with Gasteiger partial charge in [-0.2, -0.15) is 0 Å². The molecular weight excluding hydrogens is 234 g/mol. The zero-order valence-corrected chi connectivity index (χ0v) is 13.4. The Morgan fingerprint density at radius 1 is 1.32 bits per heavy atom. The van der Waals surface area contributed by atoms with Crippen molar-refractivity contribution < 1.29 is 4.79 Å². The lowest BCUT2D eigenvalue weighted by atomic mass is 10.0. The summed E-state index contributed by atoms with van der Waals surface area (Å²) in [5.74, 6) is 0.789. The molecule has 0 heterocycles. The second-order valence-electron chi connectivity index (χ2n) is 5.43. The topological polar surface area (TPSA) is 20.3 Å². The van der Waals surface area contributed by atoms with Crippen molar-refractivity contribution >= 4 is 5.91 Å². The number of allylic oxidation sites excluding steroid dienone is 4. The molecule has 0 aromatic carbocycles. The Morgan fingerprint density at radius 2 is 1.89 bits per heavy atom. The van der Waals surface area contributed by atoms with Crippen molar-refractivity contribution in [2.75, 3.05) is 13.6 Å². The standard InChI is InChI=1S/C17H29NO/c1-8-13(3)10-11-18(7)17(19)16(6)15(5)12-14(4)9-2/h9,12-13H,2,8,10-11H2,1,3-7H3/b14-12-,16-15+. The minimum Gasteiger partial charge on any atom is -0.342 e. The zero-order chi connectivity index (χ0) is 15.0. The van der Waals surface area contributed by atoms with E-state index in [1.807, 2.05) is 38.8 Å². The first-order chi connectivity index (χ1) is 8.83. The summed E-state index contributed by atoms with van der Waals surface area (Å²) in [6.07, 6.45) is 6.03. The number of amides is 1. The molecule has 1 amide bonds. The molecule has 0 aromatic heterocycles. The fourth-order valence-electron chi connectivity index (χ4n) is 1.68. The maximum Gasteiger partial charge on any atom is 0.249 e. The van der Waals surface area contributed by atoms with E-state index in [9.17, 15) is 4.79 Å². The van der Waals surface area contributed by atoms with Gasteiger partial charge in [0.2, 0.25) is 5.91 Å². The van der Waals surface area contributed by atoms with Gasteiger partial charge in [0.05, 0.1) is 0 Å². The number of hydrogen-bond donors (Lipinski definition) is 0. The molecule has 2 heteroatoms. The predicted molar refractivity (Wildman–Crippen MR) is 84.0 cm³/mol. The van der Waals surface area contributed by atoms with Crippen molar-refractivity contribution in [1.82, 2.24) is 4.90 Å². The van der Waals surface area contributed by atoms with E-state index in [4.69, 9.17) is 0 Å². The highest BCUT2D eigenvalue weighted by Gasteiger charge is 2.13.